The number of fused-ring (bicyclic) bond motifs is 1. The first kappa shape index (κ1) is 10.3. The molecule has 2 aromatic rings. The number of benzene rings is 1. The number of H-pyrrole nitrogens is 1. The van der Waals surface area contributed by atoms with E-state index in [0.29, 0.717) is 0 Å². The first-order chi connectivity index (χ1) is 7.50. The molecule has 0 bridgehead atoms. The minimum atomic E-state index is -1.42. The van der Waals surface area contributed by atoms with E-state index in [2.05, 4.69) is 0 Å². The second kappa shape index (κ2) is 3.41. The fourth-order valence-corrected chi connectivity index (χ4v) is 1.37. The van der Waals surface area contributed by atoms with Crippen molar-refractivity contribution in [1.82, 2.24) is 4.98 Å². The number of nitrogens with one attached hydrogen (secondary N) is 1. The maximum atomic E-state index is 13.2. The summed E-state index contributed by atoms with van der Waals surface area (Å²) in [5.41, 5.74) is -1.82. The summed E-state index contributed by atoms with van der Waals surface area (Å²) in [6, 6.07) is 3.05. The summed E-state index contributed by atoms with van der Waals surface area (Å²) in [4.78, 5) is 23.8. The molecular formula is C10H5F2NO3. The van der Waals surface area contributed by atoms with Gasteiger partial charge in [-0.1, -0.05) is 0 Å². The maximum absolute atomic E-state index is 13.2. The van der Waals surface area contributed by atoms with Gasteiger partial charge in [-0.25, -0.2) is 13.6 Å². The number of aromatic nitrogens is 1. The number of halogens is 2. The van der Waals surface area contributed by atoms with E-state index in [0.717, 1.165) is 12.1 Å². The zero-order valence-corrected chi connectivity index (χ0v) is 7.75. The van der Waals surface area contributed by atoms with Crippen molar-refractivity contribution in [1.29, 1.82) is 0 Å². The van der Waals surface area contributed by atoms with E-state index in [1.54, 1.807) is 0 Å². The van der Waals surface area contributed by atoms with Crippen molar-refractivity contribution in [3.63, 3.8) is 0 Å². The third-order valence-corrected chi connectivity index (χ3v) is 2.14. The number of carboxylic acids is 1. The Kier molecular flexibility index (Phi) is 2.19. The van der Waals surface area contributed by atoms with Gasteiger partial charge in [-0.05, 0) is 18.2 Å². The van der Waals surface area contributed by atoms with Crippen LogP contribution in [0.25, 0.3) is 10.9 Å². The number of carboxylic acid groups (broad SMARTS) is 1. The summed E-state index contributed by atoms with van der Waals surface area (Å²) >= 11 is 0. The molecule has 16 heavy (non-hydrogen) atoms. The van der Waals surface area contributed by atoms with Crippen LogP contribution in [0.3, 0.4) is 0 Å². The van der Waals surface area contributed by atoms with Gasteiger partial charge in [0.15, 0.2) is 11.6 Å². The zero-order chi connectivity index (χ0) is 11.9. The van der Waals surface area contributed by atoms with Crippen LogP contribution in [0.15, 0.2) is 23.0 Å². The largest absolute Gasteiger partial charge is 0.477 e. The highest BCUT2D eigenvalue weighted by Gasteiger charge is 2.13. The van der Waals surface area contributed by atoms with Gasteiger partial charge in [0.05, 0.1) is 5.52 Å². The van der Waals surface area contributed by atoms with Gasteiger partial charge in [0.1, 0.15) is 5.56 Å². The number of carbonyl (C=O) groups is 1. The van der Waals surface area contributed by atoms with Crippen LogP contribution in [0.2, 0.25) is 0 Å². The number of hydrogen-bond donors (Lipinski definition) is 2. The second-order valence-electron chi connectivity index (χ2n) is 3.14. The average Bonchev–Trinajstić information content (AvgIpc) is 2.23. The third-order valence-electron chi connectivity index (χ3n) is 2.14. The van der Waals surface area contributed by atoms with Gasteiger partial charge < -0.3 is 10.1 Å². The molecule has 1 aromatic heterocycles. The SMILES string of the molecule is O=C(O)c1cc2ccc(F)c(F)c2[nH]c1=O. The Labute approximate surface area is 87.1 Å². The number of rotatable bonds is 1. The fraction of sp³-hybridized carbons (Fsp3) is 0. The standard InChI is InChI=1S/C10H5F2NO3/c11-6-2-1-4-3-5(10(15)16)9(14)13-8(4)7(6)12/h1-3H,(H,13,14)(H,15,16). The van der Waals surface area contributed by atoms with Gasteiger partial charge in [-0.2, -0.15) is 0 Å². The minimum Gasteiger partial charge on any atom is -0.477 e. The summed E-state index contributed by atoms with van der Waals surface area (Å²) < 4.78 is 26.0. The first-order valence-electron chi connectivity index (χ1n) is 4.25. The van der Waals surface area contributed by atoms with Crippen molar-refractivity contribution in [2.45, 2.75) is 0 Å². The molecule has 6 heteroatoms. The summed E-state index contributed by atoms with van der Waals surface area (Å²) in [5, 5.41) is 8.78. The molecule has 0 aliphatic heterocycles. The second-order valence-corrected chi connectivity index (χ2v) is 3.14. The molecule has 0 saturated carbocycles. The highest BCUT2D eigenvalue weighted by Crippen LogP contribution is 2.17. The Morgan fingerprint density at radius 2 is 2.00 bits per heavy atom. The molecule has 4 nitrogen and oxygen atoms in total. The Morgan fingerprint density at radius 3 is 2.62 bits per heavy atom. The summed E-state index contributed by atoms with van der Waals surface area (Å²) in [6.07, 6.45) is 0. The summed E-state index contributed by atoms with van der Waals surface area (Å²) in [6.45, 7) is 0. The van der Waals surface area contributed by atoms with Crippen molar-refractivity contribution >= 4 is 16.9 Å². The summed E-state index contributed by atoms with van der Waals surface area (Å²) in [7, 11) is 0. The quantitative estimate of drug-likeness (QED) is 0.772. The van der Waals surface area contributed by atoms with Crippen molar-refractivity contribution in [3.05, 3.63) is 45.8 Å². The van der Waals surface area contributed by atoms with Crippen LogP contribution in [0.1, 0.15) is 10.4 Å². The van der Waals surface area contributed by atoms with E-state index < -0.39 is 28.7 Å². The van der Waals surface area contributed by atoms with E-state index in [1.807, 2.05) is 4.98 Å². The first-order valence-corrected chi connectivity index (χ1v) is 4.25. The average molecular weight is 225 g/mol. The smallest absolute Gasteiger partial charge is 0.341 e. The summed E-state index contributed by atoms with van der Waals surface area (Å²) in [5.74, 6) is -3.73. The highest BCUT2D eigenvalue weighted by molar-refractivity contribution is 5.92. The maximum Gasteiger partial charge on any atom is 0.341 e. The molecule has 0 unspecified atom stereocenters. The Balaban J connectivity index is 2.89. The molecular weight excluding hydrogens is 220 g/mol. The van der Waals surface area contributed by atoms with Crippen LogP contribution in [0.4, 0.5) is 8.78 Å². The fourth-order valence-electron chi connectivity index (χ4n) is 1.37. The van der Waals surface area contributed by atoms with Gasteiger partial charge in [0.25, 0.3) is 5.56 Å². The van der Waals surface area contributed by atoms with Crippen LogP contribution in [0, 0.1) is 11.6 Å². The molecule has 82 valence electrons. The van der Waals surface area contributed by atoms with Gasteiger partial charge in [0, 0.05) is 5.39 Å². The van der Waals surface area contributed by atoms with E-state index in [1.165, 1.54) is 6.07 Å². The van der Waals surface area contributed by atoms with Gasteiger partial charge in [-0.3, -0.25) is 4.79 Å². The van der Waals surface area contributed by atoms with Crippen molar-refractivity contribution in [2.75, 3.05) is 0 Å². The lowest BCUT2D eigenvalue weighted by molar-refractivity contribution is 0.0695. The molecule has 0 spiro atoms. The Morgan fingerprint density at radius 1 is 1.31 bits per heavy atom. The van der Waals surface area contributed by atoms with E-state index in [4.69, 9.17) is 5.11 Å². The predicted molar refractivity (Wildman–Crippen MR) is 51.4 cm³/mol. The van der Waals surface area contributed by atoms with Crippen molar-refractivity contribution in [2.24, 2.45) is 0 Å². The van der Waals surface area contributed by atoms with Crippen LogP contribution in [-0.4, -0.2) is 16.1 Å². The molecule has 0 atom stereocenters. The number of aromatic carboxylic acids is 1. The predicted octanol–water partition coefficient (Wildman–Crippen LogP) is 1.50. The van der Waals surface area contributed by atoms with Crippen molar-refractivity contribution in [3.8, 4) is 0 Å². The Bertz CT molecular complexity index is 648. The number of hydrogen-bond acceptors (Lipinski definition) is 2. The highest BCUT2D eigenvalue weighted by atomic mass is 19.2. The molecule has 1 heterocycles. The zero-order valence-electron chi connectivity index (χ0n) is 7.75. The lowest BCUT2D eigenvalue weighted by atomic mass is 10.1. The lowest BCUT2D eigenvalue weighted by Crippen LogP contribution is -2.17. The van der Waals surface area contributed by atoms with E-state index in [9.17, 15) is 18.4 Å². The molecule has 0 fully saturated rings. The molecule has 0 aliphatic carbocycles. The topological polar surface area (TPSA) is 70.2 Å². The van der Waals surface area contributed by atoms with E-state index >= 15 is 0 Å². The van der Waals surface area contributed by atoms with Crippen LogP contribution < -0.4 is 5.56 Å². The molecule has 0 radical (unpaired) electrons. The van der Waals surface area contributed by atoms with Crippen LogP contribution in [-0.2, 0) is 0 Å². The monoisotopic (exact) mass is 225 g/mol. The number of aromatic amines is 1. The molecule has 0 saturated heterocycles. The van der Waals surface area contributed by atoms with Gasteiger partial charge >= 0.3 is 5.97 Å². The molecule has 1 aromatic carbocycles. The molecule has 2 rings (SSSR count). The third kappa shape index (κ3) is 1.44. The van der Waals surface area contributed by atoms with Gasteiger partial charge in [0.2, 0.25) is 0 Å². The molecule has 0 aliphatic rings. The van der Waals surface area contributed by atoms with Gasteiger partial charge in [-0.15, -0.1) is 0 Å². The van der Waals surface area contributed by atoms with E-state index in [-0.39, 0.29) is 10.9 Å². The molecule has 2 N–H and O–H groups in total. The Hall–Kier alpha value is -2.24. The van der Waals surface area contributed by atoms with Crippen LogP contribution in [0.5, 0.6) is 0 Å². The lowest BCUT2D eigenvalue weighted by Gasteiger charge is -2.01. The molecule has 0 amide bonds. The number of pyridine rings is 1. The minimum absolute atomic E-state index is 0.121. The normalized spacial score (nSPS) is 10.6. The van der Waals surface area contributed by atoms with Crippen molar-refractivity contribution < 1.29 is 18.7 Å². The van der Waals surface area contributed by atoms with Crippen LogP contribution >= 0.6 is 0 Å².